The number of nitrogens with one attached hydrogen (secondary N) is 1. The highest BCUT2D eigenvalue weighted by Gasteiger charge is 2.52. The lowest BCUT2D eigenvalue weighted by molar-refractivity contribution is -0.134. The van der Waals surface area contributed by atoms with Crippen molar-refractivity contribution in [3.05, 3.63) is 130 Å². The third-order valence-electron chi connectivity index (χ3n) is 13.1. The number of nitrogens with zero attached hydrogens (tertiary/aromatic N) is 2. The molecule has 2 aliphatic carbocycles. The molecule has 262 valence electrons. The second-order valence-electron chi connectivity index (χ2n) is 16.4. The number of imide groups is 1. The fourth-order valence-electron chi connectivity index (χ4n) is 10.4. The van der Waals surface area contributed by atoms with Crippen molar-refractivity contribution in [1.82, 2.24) is 10.2 Å². The zero-order chi connectivity index (χ0) is 34.5. The number of aryl methyl sites for hydroxylation is 1. The van der Waals surface area contributed by atoms with E-state index in [1.165, 1.54) is 78.8 Å². The second kappa shape index (κ2) is 13.3. The molecule has 2 N–H and O–H groups in total. The Kier molecular flexibility index (Phi) is 8.46. The summed E-state index contributed by atoms with van der Waals surface area (Å²) in [6.07, 6.45) is 8.17. The maximum atomic E-state index is 12.3. The Bertz CT molecular complexity index is 1880. The van der Waals surface area contributed by atoms with Crippen molar-refractivity contribution in [2.75, 3.05) is 37.6 Å². The molecule has 2 amide bonds. The van der Waals surface area contributed by atoms with Gasteiger partial charge in [-0.2, -0.15) is 0 Å². The van der Waals surface area contributed by atoms with E-state index >= 15 is 0 Å². The lowest BCUT2D eigenvalue weighted by Crippen LogP contribution is -2.62. The molecule has 3 atom stereocenters. The van der Waals surface area contributed by atoms with Crippen LogP contribution in [0.3, 0.4) is 0 Å². The first-order chi connectivity index (χ1) is 24.9. The zero-order valence-corrected chi connectivity index (χ0v) is 29.5. The van der Waals surface area contributed by atoms with Crippen LogP contribution in [-0.4, -0.2) is 54.5 Å². The normalized spacial score (nSPS) is 25.2. The monoisotopic (exact) mass is 679 g/mol. The van der Waals surface area contributed by atoms with Crippen LogP contribution in [0.15, 0.2) is 97.1 Å². The molecule has 0 radical (unpaired) electrons. The van der Waals surface area contributed by atoms with E-state index in [0.29, 0.717) is 35.8 Å². The zero-order valence-electron chi connectivity index (χ0n) is 29.5. The molecule has 3 heterocycles. The van der Waals surface area contributed by atoms with E-state index in [4.69, 9.17) is 0 Å². The first-order valence-electron chi connectivity index (χ1n) is 19.3. The quantitative estimate of drug-likeness (QED) is 0.195. The second-order valence-corrected chi connectivity index (χ2v) is 16.4. The Labute approximate surface area is 301 Å². The summed E-state index contributed by atoms with van der Waals surface area (Å²) < 4.78 is 0. The molecule has 4 fully saturated rings. The van der Waals surface area contributed by atoms with Crippen LogP contribution in [0, 0.1) is 11.3 Å². The molecule has 9 rings (SSSR count). The van der Waals surface area contributed by atoms with Gasteiger partial charge in [0.05, 0.1) is 5.92 Å². The summed E-state index contributed by atoms with van der Waals surface area (Å²) in [5.74, 6) is 1.96. The van der Waals surface area contributed by atoms with Gasteiger partial charge in [-0.1, -0.05) is 72.8 Å². The van der Waals surface area contributed by atoms with Crippen molar-refractivity contribution < 1.29 is 14.7 Å². The van der Waals surface area contributed by atoms with E-state index in [9.17, 15) is 14.7 Å². The SMILES string of the molecule is O=C1CCC(c2ccc(C3CC4(C3)CN(CC3CCN(c5ccc([C@@H]6c7ccc(O)cc7CC[C@@H]6c6ccccc6)cc5)CC3)C4)cc2)C(=O)N1. The summed E-state index contributed by atoms with van der Waals surface area (Å²) in [4.78, 5) is 29.1. The number of phenolic OH excluding ortho intramolecular Hbond substituents is 1. The standard InChI is InChI=1S/C45H49N3O3/c49-38-15-17-40-35(24-38)12-16-39(32-4-2-1-3-5-32)43(40)34-10-13-37(14-11-34)48-22-20-30(21-23-48)27-47-28-45(29-47)25-36(26-45)31-6-8-33(9-7-31)41-18-19-42(50)46-44(41)51/h1-11,13-15,17,24,30,36,39,41,43,49H,12,16,18-23,25-29H2,(H,46,50,51)/t39-,41?,43+/m1/s1. The highest BCUT2D eigenvalue weighted by atomic mass is 16.3. The van der Waals surface area contributed by atoms with Gasteiger partial charge in [0, 0.05) is 50.7 Å². The van der Waals surface area contributed by atoms with Gasteiger partial charge in [0.1, 0.15) is 5.75 Å². The van der Waals surface area contributed by atoms with Gasteiger partial charge in [0.2, 0.25) is 11.8 Å². The van der Waals surface area contributed by atoms with Crippen molar-refractivity contribution >= 4 is 17.5 Å². The summed E-state index contributed by atoms with van der Waals surface area (Å²) in [6.45, 7) is 5.97. The molecule has 1 saturated carbocycles. The van der Waals surface area contributed by atoms with Gasteiger partial charge < -0.3 is 14.9 Å². The van der Waals surface area contributed by atoms with E-state index in [1.54, 1.807) is 0 Å². The number of piperidine rings is 2. The van der Waals surface area contributed by atoms with Gasteiger partial charge in [0.15, 0.2) is 0 Å². The first kappa shape index (κ1) is 32.5. The average Bonchev–Trinajstić information content (AvgIpc) is 3.12. The summed E-state index contributed by atoms with van der Waals surface area (Å²) in [5, 5.41) is 12.7. The number of hydrogen-bond acceptors (Lipinski definition) is 5. The van der Waals surface area contributed by atoms with E-state index in [-0.39, 0.29) is 23.7 Å². The molecule has 4 aromatic carbocycles. The van der Waals surface area contributed by atoms with Crippen molar-refractivity contribution in [3.63, 3.8) is 0 Å². The number of amides is 2. The van der Waals surface area contributed by atoms with Crippen LogP contribution in [0.1, 0.15) is 102 Å². The Morgan fingerprint density at radius 3 is 2.16 bits per heavy atom. The number of rotatable bonds is 7. The molecule has 4 aromatic rings. The van der Waals surface area contributed by atoms with Gasteiger partial charge in [-0.15, -0.1) is 0 Å². The number of phenols is 1. The Morgan fingerprint density at radius 2 is 1.43 bits per heavy atom. The molecule has 0 bridgehead atoms. The van der Waals surface area contributed by atoms with Crippen molar-refractivity contribution in [1.29, 1.82) is 0 Å². The molecule has 1 spiro atoms. The average molecular weight is 680 g/mol. The number of carbonyl (C=O) groups excluding carboxylic acids is 2. The molecule has 6 nitrogen and oxygen atoms in total. The Hall–Kier alpha value is -4.42. The number of anilines is 1. The minimum absolute atomic E-state index is 0.154. The molecular formula is C45H49N3O3. The number of aromatic hydroxyl groups is 1. The van der Waals surface area contributed by atoms with E-state index in [0.717, 1.165) is 37.4 Å². The van der Waals surface area contributed by atoms with Crippen LogP contribution in [0.25, 0.3) is 0 Å². The largest absolute Gasteiger partial charge is 0.508 e. The van der Waals surface area contributed by atoms with Gasteiger partial charge in [-0.3, -0.25) is 14.9 Å². The highest BCUT2D eigenvalue weighted by Crippen LogP contribution is 2.56. The van der Waals surface area contributed by atoms with E-state index in [2.05, 4.69) is 100 Å². The Balaban J connectivity index is 0.763. The molecular weight excluding hydrogens is 631 g/mol. The molecule has 0 aromatic heterocycles. The van der Waals surface area contributed by atoms with Crippen LogP contribution in [0.5, 0.6) is 5.75 Å². The molecule has 5 aliphatic rings. The molecule has 3 saturated heterocycles. The van der Waals surface area contributed by atoms with Crippen molar-refractivity contribution in [3.8, 4) is 5.75 Å². The number of carbonyl (C=O) groups is 2. The van der Waals surface area contributed by atoms with Crippen LogP contribution >= 0.6 is 0 Å². The van der Waals surface area contributed by atoms with Gasteiger partial charge in [-0.25, -0.2) is 0 Å². The van der Waals surface area contributed by atoms with Crippen LogP contribution in [-0.2, 0) is 16.0 Å². The predicted octanol–water partition coefficient (Wildman–Crippen LogP) is 7.87. The smallest absolute Gasteiger partial charge is 0.234 e. The summed E-state index contributed by atoms with van der Waals surface area (Å²) in [7, 11) is 0. The summed E-state index contributed by atoms with van der Waals surface area (Å²) in [6, 6.07) is 35.0. The van der Waals surface area contributed by atoms with Gasteiger partial charge >= 0.3 is 0 Å². The lowest BCUT2D eigenvalue weighted by atomic mass is 9.56. The fraction of sp³-hybridized carbons (Fsp3) is 0.422. The Morgan fingerprint density at radius 1 is 0.725 bits per heavy atom. The van der Waals surface area contributed by atoms with E-state index < -0.39 is 0 Å². The van der Waals surface area contributed by atoms with Crippen LogP contribution in [0.4, 0.5) is 5.69 Å². The number of likely N-dealkylation sites (tertiary alicyclic amines) is 1. The maximum Gasteiger partial charge on any atom is 0.234 e. The number of fused-ring (bicyclic) bond motifs is 1. The third kappa shape index (κ3) is 6.37. The summed E-state index contributed by atoms with van der Waals surface area (Å²) >= 11 is 0. The van der Waals surface area contributed by atoms with Crippen molar-refractivity contribution in [2.45, 2.75) is 75.0 Å². The van der Waals surface area contributed by atoms with Crippen LogP contribution < -0.4 is 10.2 Å². The van der Waals surface area contributed by atoms with E-state index in [1.807, 2.05) is 12.1 Å². The van der Waals surface area contributed by atoms with Crippen LogP contribution in [0.2, 0.25) is 0 Å². The topological polar surface area (TPSA) is 72.9 Å². The third-order valence-corrected chi connectivity index (χ3v) is 13.1. The molecule has 51 heavy (non-hydrogen) atoms. The number of hydrogen-bond donors (Lipinski definition) is 2. The highest BCUT2D eigenvalue weighted by molar-refractivity contribution is 6.00. The first-order valence-corrected chi connectivity index (χ1v) is 19.3. The predicted molar refractivity (Wildman–Crippen MR) is 201 cm³/mol. The molecule has 6 heteroatoms. The lowest BCUT2D eigenvalue weighted by Gasteiger charge is -2.60. The summed E-state index contributed by atoms with van der Waals surface area (Å²) in [5.41, 5.74) is 9.67. The number of benzene rings is 4. The fourth-order valence-corrected chi connectivity index (χ4v) is 10.4. The van der Waals surface area contributed by atoms with Gasteiger partial charge in [0.25, 0.3) is 0 Å². The van der Waals surface area contributed by atoms with Gasteiger partial charge in [-0.05, 0) is 126 Å². The minimum atomic E-state index is -0.201. The molecule has 3 aliphatic heterocycles. The molecule has 1 unspecified atom stereocenters. The van der Waals surface area contributed by atoms with Crippen molar-refractivity contribution in [2.24, 2.45) is 11.3 Å². The minimum Gasteiger partial charge on any atom is -0.508 e. The maximum absolute atomic E-state index is 12.3.